The van der Waals surface area contributed by atoms with Crippen LogP contribution in [0.2, 0.25) is 0 Å². The number of fused-ring (bicyclic) bond motifs is 3. The molecule has 16 heavy (non-hydrogen) atoms. The molecule has 0 unspecified atom stereocenters. The number of hydrogen-bond donors (Lipinski definition) is 1. The summed E-state index contributed by atoms with van der Waals surface area (Å²) in [5, 5.41) is 0. The average Bonchev–Trinajstić information content (AvgIpc) is 2.77. The third-order valence-electron chi connectivity index (χ3n) is 2.90. The third kappa shape index (κ3) is 1.22. The van der Waals surface area contributed by atoms with Gasteiger partial charge in [0, 0.05) is 5.56 Å². The van der Waals surface area contributed by atoms with Crippen molar-refractivity contribution in [2.24, 2.45) is 0 Å². The second kappa shape index (κ2) is 3.00. The number of benzene rings is 1. The van der Waals surface area contributed by atoms with E-state index in [1.807, 2.05) is 0 Å². The summed E-state index contributed by atoms with van der Waals surface area (Å²) in [6.07, 6.45) is -1.19. The number of alkyl halides is 2. The van der Waals surface area contributed by atoms with Gasteiger partial charge in [-0.2, -0.15) is 0 Å². The largest absolute Gasteiger partial charge is 0.586 e. The Hall–Kier alpha value is -1.04. The zero-order valence-corrected chi connectivity index (χ0v) is 9.74. The van der Waals surface area contributed by atoms with Crippen LogP contribution in [0.4, 0.5) is 14.5 Å². The normalized spacial score (nSPS) is 19.9. The van der Waals surface area contributed by atoms with Gasteiger partial charge in [0.15, 0.2) is 11.5 Å². The SMILES string of the molecule is Nc1c(Br)c2c(c3c1CCC3)OC(F)(F)O2. The molecule has 0 atom stereocenters. The Morgan fingerprint density at radius 3 is 2.50 bits per heavy atom. The summed E-state index contributed by atoms with van der Waals surface area (Å²) in [5.41, 5.74) is 8.00. The maximum Gasteiger partial charge on any atom is 0.586 e. The van der Waals surface area contributed by atoms with Gasteiger partial charge in [0.1, 0.15) is 0 Å². The van der Waals surface area contributed by atoms with Gasteiger partial charge in [0.25, 0.3) is 0 Å². The van der Waals surface area contributed by atoms with Gasteiger partial charge in [-0.05, 0) is 40.8 Å². The molecule has 0 saturated heterocycles. The molecule has 1 aliphatic carbocycles. The second-order valence-electron chi connectivity index (χ2n) is 3.86. The second-order valence-corrected chi connectivity index (χ2v) is 4.66. The Morgan fingerprint density at radius 2 is 1.75 bits per heavy atom. The van der Waals surface area contributed by atoms with Crippen molar-refractivity contribution in [2.75, 3.05) is 5.73 Å². The van der Waals surface area contributed by atoms with E-state index in [0.29, 0.717) is 16.6 Å². The number of ether oxygens (including phenoxy) is 2. The summed E-state index contributed by atoms with van der Waals surface area (Å²) in [6.45, 7) is 0. The first-order chi connectivity index (χ1) is 7.49. The molecule has 3 rings (SSSR count). The van der Waals surface area contributed by atoms with E-state index in [1.54, 1.807) is 0 Å². The topological polar surface area (TPSA) is 44.5 Å². The number of hydrogen-bond acceptors (Lipinski definition) is 3. The zero-order chi connectivity index (χ0) is 11.5. The van der Waals surface area contributed by atoms with Gasteiger partial charge in [-0.15, -0.1) is 8.78 Å². The van der Waals surface area contributed by atoms with Crippen molar-refractivity contribution in [3.8, 4) is 11.5 Å². The molecule has 0 spiro atoms. The lowest BCUT2D eigenvalue weighted by molar-refractivity contribution is -0.287. The summed E-state index contributed by atoms with van der Waals surface area (Å²) in [7, 11) is 0. The van der Waals surface area contributed by atoms with Crippen LogP contribution in [-0.4, -0.2) is 6.29 Å². The molecule has 2 aliphatic rings. The minimum absolute atomic E-state index is 0.0168. The lowest BCUT2D eigenvalue weighted by Gasteiger charge is -2.09. The molecule has 2 N–H and O–H groups in total. The monoisotopic (exact) mass is 291 g/mol. The lowest BCUT2D eigenvalue weighted by Crippen LogP contribution is -2.26. The van der Waals surface area contributed by atoms with Gasteiger partial charge in [-0.25, -0.2) is 0 Å². The molecular weight excluding hydrogens is 284 g/mol. The van der Waals surface area contributed by atoms with Gasteiger partial charge < -0.3 is 15.2 Å². The highest BCUT2D eigenvalue weighted by Crippen LogP contribution is 2.53. The van der Waals surface area contributed by atoms with E-state index in [9.17, 15) is 8.78 Å². The number of nitrogen functional groups attached to an aromatic ring is 1. The van der Waals surface area contributed by atoms with E-state index in [2.05, 4.69) is 25.4 Å². The maximum atomic E-state index is 13.0. The lowest BCUT2D eigenvalue weighted by atomic mass is 10.1. The van der Waals surface area contributed by atoms with Gasteiger partial charge >= 0.3 is 6.29 Å². The summed E-state index contributed by atoms with van der Waals surface area (Å²) in [4.78, 5) is 0. The highest BCUT2D eigenvalue weighted by Gasteiger charge is 2.47. The molecule has 6 heteroatoms. The van der Waals surface area contributed by atoms with Crippen molar-refractivity contribution in [3.05, 3.63) is 15.6 Å². The molecule has 0 fully saturated rings. The predicted molar refractivity (Wildman–Crippen MR) is 56.8 cm³/mol. The van der Waals surface area contributed by atoms with Crippen LogP contribution in [-0.2, 0) is 12.8 Å². The van der Waals surface area contributed by atoms with Crippen molar-refractivity contribution < 1.29 is 18.3 Å². The molecule has 1 heterocycles. The van der Waals surface area contributed by atoms with E-state index >= 15 is 0 Å². The minimum atomic E-state index is -3.59. The fourth-order valence-electron chi connectivity index (χ4n) is 2.24. The highest BCUT2D eigenvalue weighted by molar-refractivity contribution is 9.10. The molecule has 0 bridgehead atoms. The first-order valence-electron chi connectivity index (χ1n) is 4.88. The Morgan fingerprint density at radius 1 is 1.12 bits per heavy atom. The van der Waals surface area contributed by atoms with Crippen LogP contribution >= 0.6 is 15.9 Å². The van der Waals surface area contributed by atoms with Gasteiger partial charge in [-0.3, -0.25) is 0 Å². The molecule has 0 amide bonds. The third-order valence-corrected chi connectivity index (χ3v) is 3.69. The molecule has 0 aromatic heterocycles. The predicted octanol–water partition coefficient (Wildman–Crippen LogP) is 2.84. The summed E-state index contributed by atoms with van der Waals surface area (Å²) < 4.78 is 35.4. The van der Waals surface area contributed by atoms with Gasteiger partial charge in [0.05, 0.1) is 10.2 Å². The van der Waals surface area contributed by atoms with Crippen molar-refractivity contribution in [3.63, 3.8) is 0 Å². The van der Waals surface area contributed by atoms with Gasteiger partial charge in [-0.1, -0.05) is 0 Å². The van der Waals surface area contributed by atoms with Crippen LogP contribution in [0.3, 0.4) is 0 Å². The first-order valence-corrected chi connectivity index (χ1v) is 5.67. The quantitative estimate of drug-likeness (QED) is 0.748. The Balaban J connectivity index is 2.26. The van der Waals surface area contributed by atoms with Crippen molar-refractivity contribution in [1.29, 1.82) is 0 Å². The standard InChI is InChI=1S/C10H8BrF2NO2/c11-6-7(14)4-2-1-3-5(4)8-9(6)16-10(12,13)15-8/h1-3,14H2. The van der Waals surface area contributed by atoms with Crippen LogP contribution in [0.25, 0.3) is 0 Å². The molecule has 86 valence electrons. The van der Waals surface area contributed by atoms with Crippen LogP contribution in [0.15, 0.2) is 4.47 Å². The maximum absolute atomic E-state index is 13.0. The van der Waals surface area contributed by atoms with Crippen LogP contribution < -0.4 is 15.2 Å². The molecule has 1 aromatic carbocycles. The average molecular weight is 292 g/mol. The number of rotatable bonds is 0. The zero-order valence-electron chi connectivity index (χ0n) is 8.15. The Bertz CT molecular complexity index is 490. The fourth-order valence-corrected chi connectivity index (χ4v) is 2.74. The van der Waals surface area contributed by atoms with E-state index in [-0.39, 0.29) is 11.5 Å². The fraction of sp³-hybridized carbons (Fsp3) is 0.400. The number of nitrogens with two attached hydrogens (primary N) is 1. The smallest absolute Gasteiger partial charge is 0.397 e. The van der Waals surface area contributed by atoms with E-state index in [0.717, 1.165) is 24.0 Å². The molecule has 1 aliphatic heterocycles. The summed E-state index contributed by atoms with van der Waals surface area (Å²) in [5.74, 6) is 0.154. The number of anilines is 1. The van der Waals surface area contributed by atoms with Crippen molar-refractivity contribution in [2.45, 2.75) is 25.6 Å². The van der Waals surface area contributed by atoms with E-state index in [1.165, 1.54) is 0 Å². The van der Waals surface area contributed by atoms with Crippen LogP contribution in [0, 0.1) is 0 Å². The molecule has 0 saturated carbocycles. The van der Waals surface area contributed by atoms with Gasteiger partial charge in [0.2, 0.25) is 0 Å². The highest BCUT2D eigenvalue weighted by atomic mass is 79.9. The minimum Gasteiger partial charge on any atom is -0.397 e. The van der Waals surface area contributed by atoms with Crippen LogP contribution in [0.5, 0.6) is 11.5 Å². The van der Waals surface area contributed by atoms with Crippen molar-refractivity contribution in [1.82, 2.24) is 0 Å². The molecule has 3 nitrogen and oxygen atoms in total. The number of halogens is 3. The summed E-state index contributed by atoms with van der Waals surface area (Å²) in [6, 6.07) is 0. The van der Waals surface area contributed by atoms with E-state index in [4.69, 9.17) is 5.73 Å². The van der Waals surface area contributed by atoms with Crippen molar-refractivity contribution >= 4 is 21.6 Å². The summed E-state index contributed by atoms with van der Waals surface area (Å²) >= 11 is 3.17. The van der Waals surface area contributed by atoms with E-state index < -0.39 is 6.29 Å². The Labute approximate surface area is 98.6 Å². The first kappa shape index (κ1) is 10.1. The molecule has 0 radical (unpaired) electrons. The Kier molecular flexibility index (Phi) is 1.90. The molecular formula is C10H8BrF2NO2. The molecule has 1 aromatic rings. The van der Waals surface area contributed by atoms with Crippen LogP contribution in [0.1, 0.15) is 17.5 Å².